The van der Waals surface area contributed by atoms with Crippen molar-refractivity contribution >= 4 is 34.8 Å². The molecule has 1 N–H and O–H groups in total. The average molecular weight is 435 g/mol. The van der Waals surface area contributed by atoms with Gasteiger partial charge in [-0.3, -0.25) is 9.78 Å². The highest BCUT2D eigenvalue weighted by Gasteiger charge is 2.59. The summed E-state index contributed by atoms with van der Waals surface area (Å²) >= 11 is 12.0. The second-order valence-electron chi connectivity index (χ2n) is 7.35. The molecule has 5 rings (SSSR count). The van der Waals surface area contributed by atoms with E-state index in [1.54, 1.807) is 18.5 Å². The topological polar surface area (TPSA) is 48.5 Å². The molecule has 3 heterocycles. The SMILES string of the molecule is O=C1c2ccncc2C2(c3ccc(Cl)cc3)N1CCN2C(=S)NCc1ccccc1. The van der Waals surface area contributed by atoms with Gasteiger partial charge in [-0.15, -0.1) is 0 Å². The van der Waals surface area contributed by atoms with E-state index in [0.717, 1.165) is 16.7 Å². The normalized spacial score (nSPS) is 19.6. The number of benzene rings is 2. The summed E-state index contributed by atoms with van der Waals surface area (Å²) in [5.74, 6) is -0.00397. The van der Waals surface area contributed by atoms with E-state index in [-0.39, 0.29) is 5.91 Å². The molecule has 5 nitrogen and oxygen atoms in total. The first-order valence-corrected chi connectivity index (χ1v) is 10.5. The maximum atomic E-state index is 13.3. The van der Waals surface area contributed by atoms with Crippen LogP contribution in [0.1, 0.15) is 27.0 Å². The molecule has 2 aliphatic rings. The maximum Gasteiger partial charge on any atom is 0.256 e. The van der Waals surface area contributed by atoms with Gasteiger partial charge in [-0.05, 0) is 36.0 Å². The first-order valence-electron chi connectivity index (χ1n) is 9.74. The number of thiocarbonyl (C=S) groups is 1. The average Bonchev–Trinajstić information content (AvgIpc) is 3.29. The van der Waals surface area contributed by atoms with Crippen LogP contribution in [0.25, 0.3) is 0 Å². The van der Waals surface area contributed by atoms with E-state index in [1.807, 2.05) is 47.4 Å². The molecule has 0 saturated carbocycles. The number of amides is 1. The summed E-state index contributed by atoms with van der Waals surface area (Å²) in [6, 6.07) is 19.5. The predicted molar refractivity (Wildman–Crippen MR) is 120 cm³/mol. The zero-order chi connectivity index (χ0) is 20.7. The highest BCUT2D eigenvalue weighted by molar-refractivity contribution is 7.80. The number of hydrogen-bond acceptors (Lipinski definition) is 3. The standard InChI is InChI=1S/C23H19ClN4OS/c24-18-8-6-17(7-9-18)23-20-15-25-11-10-19(20)21(29)27(23)12-13-28(23)22(30)26-14-16-4-2-1-3-5-16/h1-11,15H,12-14H2,(H,26,30). The molecule has 2 aromatic carbocycles. The Balaban J connectivity index is 1.58. The largest absolute Gasteiger partial charge is 0.358 e. The highest BCUT2D eigenvalue weighted by Crippen LogP contribution is 2.49. The Morgan fingerprint density at radius 2 is 1.87 bits per heavy atom. The number of rotatable bonds is 3. The Morgan fingerprint density at radius 3 is 2.63 bits per heavy atom. The molecule has 3 aromatic rings. The van der Waals surface area contributed by atoms with Gasteiger partial charge in [-0.1, -0.05) is 54.1 Å². The summed E-state index contributed by atoms with van der Waals surface area (Å²) < 4.78 is 0. The van der Waals surface area contributed by atoms with Crippen molar-refractivity contribution in [2.75, 3.05) is 13.1 Å². The van der Waals surface area contributed by atoms with Gasteiger partial charge in [0.25, 0.3) is 5.91 Å². The molecule has 1 unspecified atom stereocenters. The van der Waals surface area contributed by atoms with Crippen molar-refractivity contribution in [1.82, 2.24) is 20.1 Å². The van der Waals surface area contributed by atoms with Crippen molar-refractivity contribution in [3.8, 4) is 0 Å². The molecule has 1 atom stereocenters. The lowest BCUT2D eigenvalue weighted by Gasteiger charge is -2.41. The summed E-state index contributed by atoms with van der Waals surface area (Å²) in [5, 5.41) is 4.62. The molecule has 0 spiro atoms. The van der Waals surface area contributed by atoms with E-state index < -0.39 is 5.66 Å². The third kappa shape index (κ3) is 2.79. The minimum atomic E-state index is -0.827. The molecule has 1 amide bonds. The van der Waals surface area contributed by atoms with Gasteiger partial charge < -0.3 is 15.1 Å². The van der Waals surface area contributed by atoms with Gasteiger partial charge in [-0.25, -0.2) is 0 Å². The van der Waals surface area contributed by atoms with E-state index in [0.29, 0.717) is 35.3 Å². The van der Waals surface area contributed by atoms with Crippen molar-refractivity contribution in [1.29, 1.82) is 0 Å². The number of halogens is 1. The number of aromatic nitrogens is 1. The minimum Gasteiger partial charge on any atom is -0.358 e. The maximum absolute atomic E-state index is 13.3. The summed E-state index contributed by atoms with van der Waals surface area (Å²) in [6.45, 7) is 1.81. The number of pyridine rings is 1. The quantitative estimate of drug-likeness (QED) is 0.636. The predicted octanol–water partition coefficient (Wildman–Crippen LogP) is 3.78. The number of carbonyl (C=O) groups is 1. The van der Waals surface area contributed by atoms with Gasteiger partial charge in [0.05, 0.1) is 5.56 Å². The van der Waals surface area contributed by atoms with Gasteiger partial charge in [0, 0.05) is 48.2 Å². The highest BCUT2D eigenvalue weighted by atomic mass is 35.5. The van der Waals surface area contributed by atoms with Crippen LogP contribution in [0, 0.1) is 0 Å². The zero-order valence-electron chi connectivity index (χ0n) is 16.1. The molecule has 1 saturated heterocycles. The van der Waals surface area contributed by atoms with Crippen LogP contribution in [0.5, 0.6) is 0 Å². The van der Waals surface area contributed by atoms with Crippen molar-refractivity contribution in [2.45, 2.75) is 12.2 Å². The lowest BCUT2D eigenvalue weighted by Crippen LogP contribution is -2.54. The van der Waals surface area contributed by atoms with Gasteiger partial charge in [-0.2, -0.15) is 0 Å². The van der Waals surface area contributed by atoms with Crippen LogP contribution < -0.4 is 5.32 Å². The number of carbonyl (C=O) groups excluding carboxylic acids is 1. The Hall–Kier alpha value is -2.96. The fourth-order valence-electron chi connectivity index (χ4n) is 4.48. The van der Waals surface area contributed by atoms with Gasteiger partial charge in [0.2, 0.25) is 0 Å². The molecule has 7 heteroatoms. The molecule has 30 heavy (non-hydrogen) atoms. The molecular formula is C23H19ClN4OS. The minimum absolute atomic E-state index is 0.00397. The van der Waals surface area contributed by atoms with Crippen LogP contribution in [-0.4, -0.2) is 38.9 Å². The van der Waals surface area contributed by atoms with Gasteiger partial charge in [0.15, 0.2) is 10.8 Å². The third-order valence-electron chi connectivity index (χ3n) is 5.78. The van der Waals surface area contributed by atoms with Gasteiger partial charge >= 0.3 is 0 Å². The van der Waals surface area contributed by atoms with Crippen LogP contribution in [0.3, 0.4) is 0 Å². The van der Waals surface area contributed by atoms with Crippen molar-refractivity contribution in [2.24, 2.45) is 0 Å². The third-order valence-corrected chi connectivity index (χ3v) is 6.40. The van der Waals surface area contributed by atoms with Crippen LogP contribution in [0.4, 0.5) is 0 Å². The zero-order valence-corrected chi connectivity index (χ0v) is 17.7. The van der Waals surface area contributed by atoms with E-state index in [1.165, 1.54) is 0 Å². The monoisotopic (exact) mass is 434 g/mol. The van der Waals surface area contributed by atoms with Crippen LogP contribution in [-0.2, 0) is 12.2 Å². The van der Waals surface area contributed by atoms with Crippen molar-refractivity contribution in [3.63, 3.8) is 0 Å². The fourth-order valence-corrected chi connectivity index (χ4v) is 4.90. The first-order chi connectivity index (χ1) is 14.6. The molecule has 0 bridgehead atoms. The van der Waals surface area contributed by atoms with E-state index in [4.69, 9.17) is 23.8 Å². The second-order valence-corrected chi connectivity index (χ2v) is 8.18. The molecule has 1 aromatic heterocycles. The van der Waals surface area contributed by atoms with Crippen LogP contribution in [0.2, 0.25) is 5.02 Å². The summed E-state index contributed by atoms with van der Waals surface area (Å²) in [5.41, 5.74) is 2.76. The lowest BCUT2D eigenvalue weighted by atomic mass is 9.91. The molecular weight excluding hydrogens is 416 g/mol. The lowest BCUT2D eigenvalue weighted by molar-refractivity contribution is 0.0599. The molecule has 2 aliphatic heterocycles. The number of hydrogen-bond donors (Lipinski definition) is 1. The molecule has 0 radical (unpaired) electrons. The van der Waals surface area contributed by atoms with Crippen molar-refractivity contribution < 1.29 is 4.79 Å². The van der Waals surface area contributed by atoms with Gasteiger partial charge in [0.1, 0.15) is 0 Å². The van der Waals surface area contributed by atoms with Crippen LogP contribution >= 0.6 is 23.8 Å². The Bertz CT molecular complexity index is 1120. The first kappa shape index (κ1) is 19.0. The van der Waals surface area contributed by atoms with E-state index in [9.17, 15) is 4.79 Å². The smallest absolute Gasteiger partial charge is 0.256 e. The Morgan fingerprint density at radius 1 is 1.10 bits per heavy atom. The van der Waals surface area contributed by atoms with E-state index in [2.05, 4.69) is 27.3 Å². The fraction of sp³-hybridized carbons (Fsp3) is 0.174. The number of fused-ring (bicyclic) bond motifs is 3. The molecule has 0 aliphatic carbocycles. The van der Waals surface area contributed by atoms with Crippen molar-refractivity contribution in [3.05, 3.63) is 100 Å². The summed E-state index contributed by atoms with van der Waals surface area (Å²) in [4.78, 5) is 21.6. The van der Waals surface area contributed by atoms with Crippen LogP contribution in [0.15, 0.2) is 73.1 Å². The number of nitrogens with one attached hydrogen (secondary N) is 1. The Labute approximate surface area is 185 Å². The van der Waals surface area contributed by atoms with E-state index >= 15 is 0 Å². The molecule has 150 valence electrons. The number of nitrogens with zero attached hydrogens (tertiary/aromatic N) is 3. The Kier molecular flexibility index (Phi) is 4.68. The summed E-state index contributed by atoms with van der Waals surface area (Å²) in [6.07, 6.45) is 3.44. The molecule has 1 fully saturated rings. The summed E-state index contributed by atoms with van der Waals surface area (Å²) in [7, 11) is 0. The second kappa shape index (κ2) is 7.38.